The zero-order chi connectivity index (χ0) is 18.5. The van der Waals surface area contributed by atoms with Gasteiger partial charge in [0.1, 0.15) is 7.11 Å². The summed E-state index contributed by atoms with van der Waals surface area (Å²) in [5.41, 5.74) is 6.36. The Morgan fingerprint density at radius 2 is 2.19 bits per heavy atom. The van der Waals surface area contributed by atoms with E-state index >= 15 is 0 Å². The van der Waals surface area contributed by atoms with Gasteiger partial charge in [0, 0.05) is 16.1 Å². The molecule has 0 unspecified atom stereocenters. The number of carbonyl (C=O) groups is 1. The predicted octanol–water partition coefficient (Wildman–Crippen LogP) is 4.57. The van der Waals surface area contributed by atoms with Crippen molar-refractivity contribution in [2.75, 3.05) is 13.4 Å². The van der Waals surface area contributed by atoms with Gasteiger partial charge < -0.3 is 4.84 Å². The van der Waals surface area contributed by atoms with Gasteiger partial charge in [-0.25, -0.2) is 5.43 Å². The average molecular weight is 408 g/mol. The average Bonchev–Trinajstić information content (AvgIpc) is 3.03. The number of fused-ring (bicyclic) bond motifs is 1. The zero-order valence-corrected chi connectivity index (χ0v) is 16.8. The first-order valence-corrected chi connectivity index (χ1v) is 10.5. The Labute approximate surface area is 165 Å². The Kier molecular flexibility index (Phi) is 6.34. The van der Waals surface area contributed by atoms with Gasteiger partial charge in [-0.15, -0.1) is 23.1 Å². The number of thioether (sulfide) groups is 1. The van der Waals surface area contributed by atoms with Crippen molar-refractivity contribution < 1.29 is 9.63 Å². The molecule has 2 aromatic rings. The van der Waals surface area contributed by atoms with Gasteiger partial charge >= 0.3 is 0 Å². The highest BCUT2D eigenvalue weighted by atomic mass is 35.5. The molecule has 0 saturated carbocycles. The summed E-state index contributed by atoms with van der Waals surface area (Å²) in [6, 6.07) is 7.33. The number of rotatable bonds is 5. The summed E-state index contributed by atoms with van der Waals surface area (Å²) in [6.45, 7) is 0. The molecule has 1 aliphatic rings. The fraction of sp³-hybridized carbons (Fsp3) is 0.278. The third kappa shape index (κ3) is 3.95. The third-order valence-electron chi connectivity index (χ3n) is 3.97. The quantitative estimate of drug-likeness (QED) is 0.448. The second-order valence-electron chi connectivity index (χ2n) is 5.57. The summed E-state index contributed by atoms with van der Waals surface area (Å²) in [4.78, 5) is 18.3. The van der Waals surface area contributed by atoms with E-state index in [-0.39, 0.29) is 5.91 Å². The molecular formula is C18H18ClN3O2S2. The van der Waals surface area contributed by atoms with Gasteiger partial charge in [-0.05, 0) is 37.1 Å². The van der Waals surface area contributed by atoms with Crippen LogP contribution in [0.25, 0.3) is 0 Å². The SMILES string of the molecule is CON=C1CCCc2c(C(=O)NN=Cc3ccccc3Cl)sc(SC)c21. The molecule has 0 saturated heterocycles. The molecule has 0 atom stereocenters. The van der Waals surface area contributed by atoms with Crippen molar-refractivity contribution in [1.82, 2.24) is 5.43 Å². The number of halogens is 1. The Hall–Kier alpha value is -1.83. The zero-order valence-electron chi connectivity index (χ0n) is 14.4. The maximum Gasteiger partial charge on any atom is 0.281 e. The summed E-state index contributed by atoms with van der Waals surface area (Å²) < 4.78 is 1.08. The molecule has 1 aromatic heterocycles. The fourth-order valence-corrected chi connectivity index (χ4v) is 5.06. The van der Waals surface area contributed by atoms with Crippen molar-refractivity contribution in [3.05, 3.63) is 50.9 Å². The summed E-state index contributed by atoms with van der Waals surface area (Å²) in [7, 11) is 1.55. The molecule has 0 aliphatic heterocycles. The van der Waals surface area contributed by atoms with Crippen LogP contribution in [0, 0.1) is 0 Å². The van der Waals surface area contributed by atoms with Crippen LogP contribution in [0.2, 0.25) is 5.02 Å². The highest BCUT2D eigenvalue weighted by Gasteiger charge is 2.28. The van der Waals surface area contributed by atoms with Crippen LogP contribution in [0.5, 0.6) is 0 Å². The number of amides is 1. The van der Waals surface area contributed by atoms with Crippen LogP contribution in [0.15, 0.2) is 38.7 Å². The van der Waals surface area contributed by atoms with Gasteiger partial charge in [0.2, 0.25) is 0 Å². The Bertz CT molecular complexity index is 877. The Balaban J connectivity index is 1.84. The molecular weight excluding hydrogens is 390 g/mol. The molecule has 136 valence electrons. The fourth-order valence-electron chi connectivity index (χ4n) is 2.85. The molecule has 26 heavy (non-hydrogen) atoms. The number of oxime groups is 1. The van der Waals surface area contributed by atoms with Crippen LogP contribution in [-0.4, -0.2) is 31.2 Å². The summed E-state index contributed by atoms with van der Waals surface area (Å²) in [6.07, 6.45) is 6.21. The molecule has 0 radical (unpaired) electrons. The van der Waals surface area contributed by atoms with Gasteiger partial charge in [0.05, 0.1) is 21.0 Å². The smallest absolute Gasteiger partial charge is 0.281 e. The Morgan fingerprint density at radius 3 is 2.92 bits per heavy atom. The second-order valence-corrected chi connectivity index (χ2v) is 8.07. The highest BCUT2D eigenvalue weighted by Crippen LogP contribution is 2.39. The maximum atomic E-state index is 12.7. The molecule has 0 bridgehead atoms. The van der Waals surface area contributed by atoms with Gasteiger partial charge in [-0.1, -0.05) is 35.0 Å². The van der Waals surface area contributed by atoms with Crippen LogP contribution < -0.4 is 5.43 Å². The van der Waals surface area contributed by atoms with E-state index in [0.717, 1.165) is 45.9 Å². The molecule has 3 rings (SSSR count). The lowest BCUT2D eigenvalue weighted by Gasteiger charge is -2.15. The lowest BCUT2D eigenvalue weighted by atomic mass is 9.92. The van der Waals surface area contributed by atoms with E-state index in [4.69, 9.17) is 16.4 Å². The third-order valence-corrected chi connectivity index (χ3v) is 6.67. The number of hydrogen-bond donors (Lipinski definition) is 1. The number of nitrogens with one attached hydrogen (secondary N) is 1. The van der Waals surface area contributed by atoms with Gasteiger partial charge in [-0.3, -0.25) is 4.79 Å². The standard InChI is InChI=1S/C18H18ClN3O2S2/c1-24-22-14-9-5-7-12-15(14)18(25-2)26-16(12)17(23)21-20-10-11-6-3-4-8-13(11)19/h3-4,6,8,10H,5,7,9H2,1-2H3,(H,21,23). The number of benzene rings is 1. The van der Waals surface area contributed by atoms with Gasteiger partial charge in [0.15, 0.2) is 0 Å². The van der Waals surface area contributed by atoms with Crippen molar-refractivity contribution in [2.45, 2.75) is 23.5 Å². The van der Waals surface area contributed by atoms with Crippen molar-refractivity contribution in [1.29, 1.82) is 0 Å². The van der Waals surface area contributed by atoms with E-state index in [1.54, 1.807) is 31.2 Å². The van der Waals surface area contributed by atoms with E-state index in [0.29, 0.717) is 9.90 Å². The highest BCUT2D eigenvalue weighted by molar-refractivity contribution is 8.00. The number of thiophene rings is 1. The molecule has 8 heteroatoms. The summed E-state index contributed by atoms with van der Waals surface area (Å²) in [5.74, 6) is -0.214. The molecule has 1 aromatic carbocycles. The molecule has 0 fully saturated rings. The minimum atomic E-state index is -0.214. The predicted molar refractivity (Wildman–Crippen MR) is 109 cm³/mol. The summed E-state index contributed by atoms with van der Waals surface area (Å²) >= 11 is 9.19. The van der Waals surface area contributed by atoms with Crippen LogP contribution in [0.3, 0.4) is 0 Å². The Morgan fingerprint density at radius 1 is 1.38 bits per heavy atom. The van der Waals surface area contributed by atoms with E-state index in [1.165, 1.54) is 11.3 Å². The van der Waals surface area contributed by atoms with Crippen molar-refractivity contribution in [3.8, 4) is 0 Å². The lowest BCUT2D eigenvalue weighted by Crippen LogP contribution is -2.20. The molecule has 5 nitrogen and oxygen atoms in total. The van der Waals surface area contributed by atoms with E-state index in [1.807, 2.05) is 24.5 Å². The van der Waals surface area contributed by atoms with Crippen LogP contribution in [0.4, 0.5) is 0 Å². The van der Waals surface area contributed by atoms with Crippen LogP contribution in [-0.2, 0) is 11.3 Å². The van der Waals surface area contributed by atoms with Crippen molar-refractivity contribution >= 4 is 52.5 Å². The van der Waals surface area contributed by atoms with Crippen LogP contribution in [0.1, 0.15) is 39.2 Å². The van der Waals surface area contributed by atoms with E-state index in [2.05, 4.69) is 15.7 Å². The van der Waals surface area contributed by atoms with E-state index in [9.17, 15) is 4.79 Å². The number of carbonyl (C=O) groups excluding carboxylic acids is 1. The van der Waals surface area contributed by atoms with Gasteiger partial charge in [-0.2, -0.15) is 5.10 Å². The normalized spacial score (nSPS) is 15.3. The molecule has 1 heterocycles. The van der Waals surface area contributed by atoms with E-state index < -0.39 is 0 Å². The van der Waals surface area contributed by atoms with Crippen LogP contribution >= 0.6 is 34.7 Å². The minimum absolute atomic E-state index is 0.214. The minimum Gasteiger partial charge on any atom is -0.399 e. The number of hydrazone groups is 1. The molecule has 1 amide bonds. The molecule has 1 aliphatic carbocycles. The summed E-state index contributed by atoms with van der Waals surface area (Å²) in [5, 5.41) is 8.79. The first kappa shape index (κ1) is 18.9. The maximum absolute atomic E-state index is 12.7. The van der Waals surface area contributed by atoms with Gasteiger partial charge in [0.25, 0.3) is 5.91 Å². The monoisotopic (exact) mass is 407 g/mol. The largest absolute Gasteiger partial charge is 0.399 e. The topological polar surface area (TPSA) is 63.0 Å². The molecule has 0 spiro atoms. The first-order valence-electron chi connectivity index (χ1n) is 8.03. The first-order chi connectivity index (χ1) is 12.7. The lowest BCUT2D eigenvalue weighted by molar-refractivity contribution is 0.0958. The van der Waals surface area contributed by atoms with Crippen molar-refractivity contribution in [3.63, 3.8) is 0 Å². The number of nitrogens with zero attached hydrogens (tertiary/aromatic N) is 2. The van der Waals surface area contributed by atoms with Crippen molar-refractivity contribution in [2.24, 2.45) is 10.3 Å². The second kappa shape index (κ2) is 8.70. The molecule has 1 N–H and O–H groups in total. The number of hydrogen-bond acceptors (Lipinski definition) is 6.